The van der Waals surface area contributed by atoms with Gasteiger partial charge in [-0.25, -0.2) is 9.97 Å². The average molecular weight is 391 g/mol. The molecule has 1 amide bonds. The number of nitrogens with zero attached hydrogens (tertiary/aromatic N) is 3. The zero-order valence-electron chi connectivity index (χ0n) is 13.7. The molecule has 8 heteroatoms. The van der Waals surface area contributed by atoms with Crippen LogP contribution < -0.4 is 10.1 Å². The first-order chi connectivity index (χ1) is 12.6. The normalized spacial score (nSPS) is 10.5. The zero-order chi connectivity index (χ0) is 18.4. The Morgan fingerprint density at radius 1 is 1.19 bits per heavy atom. The molecule has 3 rings (SSSR count). The predicted octanol–water partition coefficient (Wildman–Crippen LogP) is 3.66. The van der Waals surface area contributed by atoms with E-state index in [0.717, 1.165) is 11.4 Å². The Hall–Kier alpha value is -2.57. The van der Waals surface area contributed by atoms with Gasteiger partial charge in [-0.3, -0.25) is 9.36 Å². The van der Waals surface area contributed by atoms with Crippen LogP contribution in [-0.4, -0.2) is 27.0 Å². The number of halogens is 2. The third-order valence-electron chi connectivity index (χ3n) is 3.56. The first-order valence-electron chi connectivity index (χ1n) is 7.89. The highest BCUT2D eigenvalue weighted by Crippen LogP contribution is 2.26. The molecular formula is C18H16Cl2N4O2. The number of pyridine rings is 1. The topological polar surface area (TPSA) is 69.0 Å². The second kappa shape index (κ2) is 8.69. The van der Waals surface area contributed by atoms with Crippen molar-refractivity contribution in [1.29, 1.82) is 0 Å². The van der Waals surface area contributed by atoms with Gasteiger partial charge in [0.25, 0.3) is 0 Å². The van der Waals surface area contributed by atoms with Crippen molar-refractivity contribution in [3.8, 4) is 11.6 Å². The van der Waals surface area contributed by atoms with Crippen molar-refractivity contribution in [2.24, 2.45) is 0 Å². The van der Waals surface area contributed by atoms with Crippen molar-refractivity contribution in [3.63, 3.8) is 0 Å². The van der Waals surface area contributed by atoms with Crippen LogP contribution >= 0.6 is 23.2 Å². The molecule has 0 fully saturated rings. The van der Waals surface area contributed by atoms with Gasteiger partial charge < -0.3 is 10.1 Å². The molecule has 6 nitrogen and oxygen atoms in total. The van der Waals surface area contributed by atoms with Crippen molar-refractivity contribution in [1.82, 2.24) is 19.9 Å². The molecule has 2 aromatic heterocycles. The van der Waals surface area contributed by atoms with Gasteiger partial charge in [0.05, 0.1) is 23.1 Å². The summed E-state index contributed by atoms with van der Waals surface area (Å²) in [5, 5.41) is 3.71. The first kappa shape index (κ1) is 18.2. The lowest BCUT2D eigenvalue weighted by molar-refractivity contribution is -0.121. The van der Waals surface area contributed by atoms with E-state index in [1.807, 2.05) is 22.9 Å². The predicted molar refractivity (Wildman–Crippen MR) is 99.8 cm³/mol. The molecule has 0 bridgehead atoms. The molecule has 0 aliphatic rings. The van der Waals surface area contributed by atoms with E-state index in [4.69, 9.17) is 27.9 Å². The van der Waals surface area contributed by atoms with Crippen LogP contribution in [0.5, 0.6) is 5.75 Å². The fourth-order valence-corrected chi connectivity index (χ4v) is 2.47. The summed E-state index contributed by atoms with van der Waals surface area (Å²) in [6.45, 7) is 0.657. The van der Waals surface area contributed by atoms with Crippen LogP contribution in [-0.2, 0) is 11.3 Å². The van der Waals surface area contributed by atoms with Gasteiger partial charge in [0.2, 0.25) is 5.91 Å². The molecule has 0 aliphatic heterocycles. The van der Waals surface area contributed by atoms with E-state index < -0.39 is 0 Å². The number of amides is 1. The molecule has 134 valence electrons. The Morgan fingerprint density at radius 3 is 2.77 bits per heavy atom. The Labute approximate surface area is 160 Å². The number of hydrogen-bond acceptors (Lipinski definition) is 4. The minimum absolute atomic E-state index is 0.108. The van der Waals surface area contributed by atoms with Crippen molar-refractivity contribution < 1.29 is 9.53 Å². The molecule has 0 radical (unpaired) electrons. The lowest BCUT2D eigenvalue weighted by atomic mass is 10.2. The molecule has 0 atom stereocenters. The Morgan fingerprint density at radius 2 is 2.08 bits per heavy atom. The van der Waals surface area contributed by atoms with E-state index in [1.165, 1.54) is 0 Å². The van der Waals surface area contributed by atoms with Crippen LogP contribution in [0.4, 0.5) is 0 Å². The third-order valence-corrected chi connectivity index (χ3v) is 4.30. The maximum Gasteiger partial charge on any atom is 0.223 e. The molecule has 0 saturated carbocycles. The van der Waals surface area contributed by atoms with Gasteiger partial charge in [0.15, 0.2) is 0 Å². The number of benzene rings is 1. The Balaban J connectivity index is 1.41. The summed E-state index contributed by atoms with van der Waals surface area (Å²) in [5.41, 5.74) is 0.910. The summed E-state index contributed by atoms with van der Waals surface area (Å²) in [6, 6.07) is 8.76. The fraction of sp³-hybridized carbons (Fsp3) is 0.167. The number of imidazole rings is 1. The first-order valence-corrected chi connectivity index (χ1v) is 8.65. The number of aromatic nitrogens is 3. The Bertz CT molecular complexity index is 867. The lowest BCUT2D eigenvalue weighted by Crippen LogP contribution is -2.24. The van der Waals surface area contributed by atoms with E-state index in [1.54, 1.807) is 36.9 Å². The molecule has 3 aromatic rings. The van der Waals surface area contributed by atoms with E-state index in [-0.39, 0.29) is 18.9 Å². The van der Waals surface area contributed by atoms with Crippen LogP contribution in [0.3, 0.4) is 0 Å². The van der Waals surface area contributed by atoms with Gasteiger partial charge in [-0.1, -0.05) is 29.3 Å². The van der Waals surface area contributed by atoms with Crippen molar-refractivity contribution in [3.05, 3.63) is 70.9 Å². The van der Waals surface area contributed by atoms with Crippen LogP contribution in [0.25, 0.3) is 5.82 Å². The Kier molecular flexibility index (Phi) is 6.09. The van der Waals surface area contributed by atoms with Crippen molar-refractivity contribution in [2.45, 2.75) is 13.0 Å². The van der Waals surface area contributed by atoms with E-state index in [0.29, 0.717) is 22.3 Å². The van der Waals surface area contributed by atoms with Gasteiger partial charge in [-0.2, -0.15) is 0 Å². The molecule has 1 aromatic carbocycles. The quantitative estimate of drug-likeness (QED) is 0.668. The number of carbonyl (C=O) groups excluding carboxylic acids is 1. The monoisotopic (exact) mass is 390 g/mol. The van der Waals surface area contributed by atoms with Crippen LogP contribution in [0.1, 0.15) is 12.0 Å². The largest absolute Gasteiger partial charge is 0.493 e. The summed E-state index contributed by atoms with van der Waals surface area (Å²) in [5.74, 6) is 1.24. The summed E-state index contributed by atoms with van der Waals surface area (Å²) < 4.78 is 7.30. The van der Waals surface area contributed by atoms with Crippen molar-refractivity contribution in [2.75, 3.05) is 6.61 Å². The zero-order valence-corrected chi connectivity index (χ0v) is 15.2. The summed E-state index contributed by atoms with van der Waals surface area (Å²) in [6.07, 6.45) is 7.15. The van der Waals surface area contributed by atoms with E-state index in [9.17, 15) is 4.79 Å². The highest BCUT2D eigenvalue weighted by molar-refractivity contribution is 6.42. The fourth-order valence-electron chi connectivity index (χ4n) is 2.19. The summed E-state index contributed by atoms with van der Waals surface area (Å²) >= 11 is 11.8. The standard InChI is InChI=1S/C18H16Cl2N4O2/c19-15-3-2-14(9-16(15)20)26-8-5-18(25)23-11-13-1-4-17(22-10-13)24-7-6-21-12-24/h1-4,6-7,9-10,12H,5,8,11H2,(H,23,25). The second-order valence-electron chi connectivity index (χ2n) is 5.45. The smallest absolute Gasteiger partial charge is 0.223 e. The van der Waals surface area contributed by atoms with Crippen LogP contribution in [0.15, 0.2) is 55.2 Å². The average Bonchev–Trinajstić information content (AvgIpc) is 3.18. The molecule has 0 unspecified atom stereocenters. The van der Waals surface area contributed by atoms with Gasteiger partial charge in [0, 0.05) is 31.2 Å². The van der Waals surface area contributed by atoms with Crippen LogP contribution in [0.2, 0.25) is 10.0 Å². The number of carbonyl (C=O) groups is 1. The minimum Gasteiger partial charge on any atom is -0.493 e. The molecule has 0 aliphatic carbocycles. The summed E-state index contributed by atoms with van der Waals surface area (Å²) in [4.78, 5) is 20.2. The molecule has 26 heavy (non-hydrogen) atoms. The van der Waals surface area contributed by atoms with Gasteiger partial charge in [-0.05, 0) is 23.8 Å². The second-order valence-corrected chi connectivity index (χ2v) is 6.26. The molecule has 1 N–H and O–H groups in total. The number of nitrogens with one attached hydrogen (secondary N) is 1. The van der Waals surface area contributed by atoms with Crippen molar-refractivity contribution >= 4 is 29.1 Å². The highest BCUT2D eigenvalue weighted by Gasteiger charge is 2.05. The number of rotatable bonds is 7. The molecular weight excluding hydrogens is 375 g/mol. The maximum atomic E-state index is 11.9. The van der Waals surface area contributed by atoms with Gasteiger partial charge >= 0.3 is 0 Å². The highest BCUT2D eigenvalue weighted by atomic mass is 35.5. The third kappa shape index (κ3) is 4.97. The van der Waals surface area contributed by atoms with Gasteiger partial charge in [0.1, 0.15) is 17.9 Å². The van der Waals surface area contributed by atoms with E-state index >= 15 is 0 Å². The summed E-state index contributed by atoms with van der Waals surface area (Å²) in [7, 11) is 0. The molecule has 2 heterocycles. The minimum atomic E-state index is -0.108. The number of hydrogen-bond donors (Lipinski definition) is 1. The SMILES string of the molecule is O=C(CCOc1ccc(Cl)c(Cl)c1)NCc1ccc(-n2ccnc2)nc1. The van der Waals surface area contributed by atoms with Gasteiger partial charge in [-0.15, -0.1) is 0 Å². The van der Waals surface area contributed by atoms with Crippen LogP contribution in [0, 0.1) is 0 Å². The maximum absolute atomic E-state index is 11.9. The number of ether oxygens (including phenoxy) is 1. The molecule has 0 saturated heterocycles. The lowest BCUT2D eigenvalue weighted by Gasteiger charge is -2.08. The van der Waals surface area contributed by atoms with E-state index in [2.05, 4.69) is 15.3 Å². The molecule has 0 spiro atoms.